The Hall–Kier alpha value is -1.30. The molecule has 4 heteroatoms. The number of benzene rings is 1. The van der Waals surface area contributed by atoms with E-state index in [2.05, 4.69) is 47.8 Å². The van der Waals surface area contributed by atoms with Crippen LogP contribution in [-0.2, 0) is 6.54 Å². The quantitative estimate of drug-likeness (QED) is 0.514. The molecule has 0 fully saturated rings. The van der Waals surface area contributed by atoms with Gasteiger partial charge >= 0.3 is 0 Å². The molecule has 3 rings (SSSR count). The Morgan fingerprint density at radius 2 is 2.00 bits per heavy atom. The summed E-state index contributed by atoms with van der Waals surface area (Å²) in [4.78, 5) is 3.52. The van der Waals surface area contributed by atoms with Crippen molar-refractivity contribution in [2.75, 3.05) is 7.11 Å². The number of fused-ring (bicyclic) bond motifs is 3. The third-order valence-corrected chi connectivity index (χ3v) is 3.72. The number of pyridine rings is 1. The molecule has 0 radical (unpaired) electrons. The lowest BCUT2D eigenvalue weighted by Crippen LogP contribution is -3.00. The molecular weight excluding hydrogens is 363 g/mol. The summed E-state index contributed by atoms with van der Waals surface area (Å²) >= 11 is 0. The predicted octanol–water partition coefficient (Wildman–Crippen LogP) is 0.340. The number of hydrogen-bond acceptors (Lipinski definition) is 1. The summed E-state index contributed by atoms with van der Waals surface area (Å²) in [5.41, 5.74) is 3.64. The van der Waals surface area contributed by atoms with E-state index >= 15 is 0 Å². The van der Waals surface area contributed by atoms with E-state index in [1.54, 1.807) is 7.11 Å². The van der Waals surface area contributed by atoms with E-state index < -0.39 is 0 Å². The van der Waals surface area contributed by atoms with E-state index in [9.17, 15) is 0 Å². The molecule has 0 aliphatic carbocycles. The second-order valence-electron chi connectivity index (χ2n) is 4.92. The van der Waals surface area contributed by atoms with Crippen LogP contribution in [0.15, 0.2) is 30.5 Å². The molecular formula is C16H19IN2O. The van der Waals surface area contributed by atoms with Crippen molar-refractivity contribution < 1.29 is 33.3 Å². The molecule has 3 aromatic rings. The number of aromatic nitrogens is 2. The van der Waals surface area contributed by atoms with Gasteiger partial charge in [0, 0.05) is 36.2 Å². The summed E-state index contributed by atoms with van der Waals surface area (Å²) in [6.07, 6.45) is 3.32. The maximum Gasteiger partial charge on any atom is 0.202 e. The number of hydrogen-bond donors (Lipinski definition) is 1. The molecule has 0 aliphatic heterocycles. The van der Waals surface area contributed by atoms with Crippen molar-refractivity contribution in [2.45, 2.75) is 26.8 Å². The second-order valence-corrected chi connectivity index (χ2v) is 4.92. The van der Waals surface area contributed by atoms with Gasteiger partial charge in [0.15, 0.2) is 6.20 Å². The number of aromatic amines is 1. The van der Waals surface area contributed by atoms with E-state index in [1.807, 2.05) is 6.07 Å². The van der Waals surface area contributed by atoms with Gasteiger partial charge in [0.05, 0.1) is 12.6 Å². The molecule has 106 valence electrons. The molecule has 0 atom stereocenters. The fraction of sp³-hybridized carbons (Fsp3) is 0.312. The number of ether oxygens (including phenoxy) is 1. The number of rotatable bonds is 3. The molecule has 0 saturated heterocycles. The van der Waals surface area contributed by atoms with Crippen LogP contribution in [0.1, 0.15) is 19.0 Å². The zero-order valence-electron chi connectivity index (χ0n) is 12.0. The van der Waals surface area contributed by atoms with Crippen molar-refractivity contribution in [2.24, 2.45) is 0 Å². The first-order chi connectivity index (χ1) is 9.24. The summed E-state index contributed by atoms with van der Waals surface area (Å²) in [7, 11) is 1.70. The monoisotopic (exact) mass is 382 g/mol. The van der Waals surface area contributed by atoms with Crippen molar-refractivity contribution in [3.8, 4) is 5.75 Å². The number of nitrogens with zero attached hydrogens (tertiary/aromatic N) is 1. The van der Waals surface area contributed by atoms with Gasteiger partial charge in [-0.15, -0.1) is 0 Å². The number of nitrogens with one attached hydrogen (secondary N) is 1. The lowest BCUT2D eigenvalue weighted by Gasteiger charge is -1.99. The van der Waals surface area contributed by atoms with Crippen LogP contribution >= 0.6 is 0 Å². The topological polar surface area (TPSA) is 28.9 Å². The molecule has 3 nitrogen and oxygen atoms in total. The van der Waals surface area contributed by atoms with Crippen LogP contribution in [0.5, 0.6) is 5.75 Å². The smallest absolute Gasteiger partial charge is 0.202 e. The Bertz CT molecular complexity index is 749. The highest BCUT2D eigenvalue weighted by Crippen LogP contribution is 2.28. The number of halogens is 1. The van der Waals surface area contributed by atoms with Gasteiger partial charge in [-0.1, -0.05) is 6.92 Å². The van der Waals surface area contributed by atoms with Crippen molar-refractivity contribution in [1.29, 1.82) is 0 Å². The molecule has 20 heavy (non-hydrogen) atoms. The van der Waals surface area contributed by atoms with Crippen LogP contribution in [-0.4, -0.2) is 12.1 Å². The van der Waals surface area contributed by atoms with Crippen LogP contribution in [0.4, 0.5) is 0 Å². The summed E-state index contributed by atoms with van der Waals surface area (Å²) in [6, 6.07) is 8.39. The van der Waals surface area contributed by atoms with Crippen molar-refractivity contribution in [3.63, 3.8) is 0 Å². The highest BCUT2D eigenvalue weighted by atomic mass is 127. The lowest BCUT2D eigenvalue weighted by atomic mass is 10.1. The fourth-order valence-electron chi connectivity index (χ4n) is 2.69. The van der Waals surface area contributed by atoms with Crippen LogP contribution in [0.3, 0.4) is 0 Å². The van der Waals surface area contributed by atoms with Gasteiger partial charge in [-0.05, 0) is 12.1 Å². The first-order valence-electron chi connectivity index (χ1n) is 6.73. The van der Waals surface area contributed by atoms with E-state index in [0.29, 0.717) is 0 Å². The third-order valence-electron chi connectivity index (χ3n) is 3.72. The maximum atomic E-state index is 5.29. The maximum absolute atomic E-state index is 5.29. The first kappa shape index (κ1) is 15.1. The Kier molecular flexibility index (Phi) is 4.52. The van der Waals surface area contributed by atoms with Crippen LogP contribution in [0.25, 0.3) is 21.8 Å². The first-order valence-corrected chi connectivity index (χ1v) is 6.73. The van der Waals surface area contributed by atoms with Gasteiger partial charge in [0.2, 0.25) is 5.69 Å². The summed E-state index contributed by atoms with van der Waals surface area (Å²) in [5, 5.41) is 2.53. The van der Waals surface area contributed by atoms with Crippen LogP contribution in [0, 0.1) is 6.92 Å². The summed E-state index contributed by atoms with van der Waals surface area (Å²) in [6.45, 7) is 5.43. The standard InChI is InChI=1S/C16H18N2O.HI/c1-4-8-18-9-7-14-13-6-5-12(19-3)10-15(13)17-16(14)11(18)2;/h5-7,9-10H,4,8H2,1-3H3;1H. The second kappa shape index (κ2) is 5.99. The molecule has 2 aromatic heterocycles. The minimum absolute atomic E-state index is 0. The molecule has 0 bridgehead atoms. The van der Waals surface area contributed by atoms with E-state index in [0.717, 1.165) is 24.2 Å². The highest BCUT2D eigenvalue weighted by molar-refractivity contribution is 6.07. The normalized spacial score (nSPS) is 10.8. The predicted molar refractivity (Wildman–Crippen MR) is 77.6 cm³/mol. The molecule has 0 amide bonds. The average molecular weight is 382 g/mol. The molecule has 2 heterocycles. The van der Waals surface area contributed by atoms with Crippen LogP contribution < -0.4 is 33.3 Å². The Morgan fingerprint density at radius 1 is 1.20 bits per heavy atom. The number of methoxy groups -OCH3 is 1. The van der Waals surface area contributed by atoms with Crippen LogP contribution in [0.2, 0.25) is 0 Å². The zero-order chi connectivity index (χ0) is 13.4. The highest BCUT2D eigenvalue weighted by Gasteiger charge is 2.14. The average Bonchev–Trinajstić information content (AvgIpc) is 2.80. The Balaban J connectivity index is 0.00000147. The fourth-order valence-corrected chi connectivity index (χ4v) is 2.69. The van der Waals surface area contributed by atoms with Crippen molar-refractivity contribution >= 4 is 21.8 Å². The molecule has 0 saturated carbocycles. The largest absolute Gasteiger partial charge is 1.00 e. The minimum atomic E-state index is 0. The van der Waals surface area contributed by atoms with E-state index in [4.69, 9.17) is 4.74 Å². The zero-order valence-corrected chi connectivity index (χ0v) is 14.2. The Morgan fingerprint density at radius 3 is 2.70 bits per heavy atom. The summed E-state index contributed by atoms with van der Waals surface area (Å²) < 4.78 is 7.59. The van der Waals surface area contributed by atoms with E-state index in [-0.39, 0.29) is 24.0 Å². The molecule has 0 spiro atoms. The van der Waals surface area contributed by atoms with E-state index in [1.165, 1.54) is 22.0 Å². The van der Waals surface area contributed by atoms with Gasteiger partial charge in [-0.2, -0.15) is 0 Å². The molecule has 0 aliphatic rings. The third kappa shape index (κ3) is 2.37. The van der Waals surface area contributed by atoms with Gasteiger partial charge in [0.1, 0.15) is 17.8 Å². The Labute approximate surface area is 136 Å². The molecule has 1 aromatic carbocycles. The number of aryl methyl sites for hydroxylation is 2. The minimum Gasteiger partial charge on any atom is -1.00 e. The van der Waals surface area contributed by atoms with Gasteiger partial charge < -0.3 is 33.7 Å². The van der Waals surface area contributed by atoms with Gasteiger partial charge in [-0.3, -0.25) is 0 Å². The number of H-pyrrole nitrogens is 1. The molecule has 1 N–H and O–H groups in total. The van der Waals surface area contributed by atoms with Gasteiger partial charge in [0.25, 0.3) is 0 Å². The van der Waals surface area contributed by atoms with Crippen molar-refractivity contribution in [1.82, 2.24) is 4.98 Å². The lowest BCUT2D eigenvalue weighted by molar-refractivity contribution is -0.701. The van der Waals surface area contributed by atoms with Crippen molar-refractivity contribution in [3.05, 3.63) is 36.2 Å². The SMILES string of the molecule is CCC[n+]1ccc2c([nH]c3cc(OC)ccc32)c1C.[I-]. The molecule has 0 unspecified atom stereocenters. The summed E-state index contributed by atoms with van der Waals surface area (Å²) in [5.74, 6) is 0.887. The van der Waals surface area contributed by atoms with Gasteiger partial charge in [-0.25, -0.2) is 4.57 Å².